The molecule has 0 radical (unpaired) electrons. The number of benzene rings is 1. The Morgan fingerprint density at radius 1 is 1.35 bits per heavy atom. The molecule has 2 unspecified atom stereocenters. The monoisotopic (exact) mass is 337 g/mol. The van der Waals surface area contributed by atoms with Gasteiger partial charge in [-0.3, -0.25) is 0 Å². The molecule has 0 spiro atoms. The van der Waals surface area contributed by atoms with Crippen molar-refractivity contribution in [2.24, 2.45) is 11.8 Å². The van der Waals surface area contributed by atoms with E-state index >= 15 is 0 Å². The SMILES string of the molecule is CCCC(C)CC(CNC1CC1)Cc1cccc(Br)c1. The number of nitrogens with one attached hydrogen (secondary N) is 1. The lowest BCUT2D eigenvalue weighted by Gasteiger charge is -2.21. The van der Waals surface area contributed by atoms with Crippen molar-refractivity contribution in [3.63, 3.8) is 0 Å². The number of hydrogen-bond donors (Lipinski definition) is 1. The Labute approximate surface area is 132 Å². The van der Waals surface area contributed by atoms with Crippen LogP contribution in [0.3, 0.4) is 0 Å². The van der Waals surface area contributed by atoms with Crippen LogP contribution in [0.25, 0.3) is 0 Å². The van der Waals surface area contributed by atoms with E-state index in [1.807, 2.05) is 0 Å². The van der Waals surface area contributed by atoms with E-state index < -0.39 is 0 Å². The van der Waals surface area contributed by atoms with Crippen molar-refractivity contribution in [2.45, 2.75) is 58.4 Å². The summed E-state index contributed by atoms with van der Waals surface area (Å²) in [6.45, 7) is 5.89. The third-order valence-electron chi connectivity index (χ3n) is 4.20. The second kappa shape index (κ2) is 8.19. The maximum Gasteiger partial charge on any atom is 0.0177 e. The second-order valence-corrected chi connectivity index (χ2v) is 7.43. The lowest BCUT2D eigenvalue weighted by molar-refractivity contribution is 0.353. The van der Waals surface area contributed by atoms with Gasteiger partial charge in [0.05, 0.1) is 0 Å². The molecule has 1 aliphatic carbocycles. The smallest absolute Gasteiger partial charge is 0.0177 e. The zero-order valence-electron chi connectivity index (χ0n) is 12.9. The first-order chi connectivity index (χ1) is 9.67. The van der Waals surface area contributed by atoms with Crippen molar-refractivity contribution >= 4 is 15.9 Å². The molecule has 1 nitrogen and oxygen atoms in total. The summed E-state index contributed by atoms with van der Waals surface area (Å²) in [6, 6.07) is 9.62. The summed E-state index contributed by atoms with van der Waals surface area (Å²) in [6.07, 6.45) is 7.98. The van der Waals surface area contributed by atoms with E-state index in [0.29, 0.717) is 0 Å². The van der Waals surface area contributed by atoms with E-state index in [1.165, 1.54) is 55.1 Å². The molecular formula is C18H28BrN. The summed E-state index contributed by atoms with van der Waals surface area (Å²) in [5, 5.41) is 3.73. The lowest BCUT2D eigenvalue weighted by atomic mass is 9.88. The van der Waals surface area contributed by atoms with Gasteiger partial charge in [0.15, 0.2) is 0 Å². The fourth-order valence-corrected chi connectivity index (χ4v) is 3.48. The van der Waals surface area contributed by atoms with Gasteiger partial charge in [0.1, 0.15) is 0 Å². The molecule has 0 bridgehead atoms. The predicted octanol–water partition coefficient (Wildman–Crippen LogP) is 5.19. The van der Waals surface area contributed by atoms with Crippen molar-refractivity contribution < 1.29 is 0 Å². The van der Waals surface area contributed by atoms with Gasteiger partial charge < -0.3 is 5.32 Å². The van der Waals surface area contributed by atoms with Crippen LogP contribution in [0.5, 0.6) is 0 Å². The van der Waals surface area contributed by atoms with E-state index in [4.69, 9.17) is 0 Å². The Morgan fingerprint density at radius 2 is 2.15 bits per heavy atom. The van der Waals surface area contributed by atoms with Gasteiger partial charge in [-0.15, -0.1) is 0 Å². The Kier molecular flexibility index (Phi) is 6.57. The minimum Gasteiger partial charge on any atom is -0.314 e. The number of hydrogen-bond acceptors (Lipinski definition) is 1. The van der Waals surface area contributed by atoms with Crippen LogP contribution < -0.4 is 5.32 Å². The minimum absolute atomic E-state index is 0.770. The molecule has 0 aliphatic heterocycles. The molecule has 112 valence electrons. The molecule has 1 aliphatic rings. The second-order valence-electron chi connectivity index (χ2n) is 6.51. The average molecular weight is 338 g/mol. The van der Waals surface area contributed by atoms with Crippen molar-refractivity contribution in [3.05, 3.63) is 34.3 Å². The van der Waals surface area contributed by atoms with Crippen LogP contribution in [-0.2, 0) is 6.42 Å². The molecule has 2 heteroatoms. The van der Waals surface area contributed by atoms with Gasteiger partial charge in [-0.2, -0.15) is 0 Å². The summed E-state index contributed by atoms with van der Waals surface area (Å²) in [4.78, 5) is 0. The van der Waals surface area contributed by atoms with Gasteiger partial charge in [-0.1, -0.05) is 54.8 Å². The molecule has 1 fully saturated rings. The molecule has 2 atom stereocenters. The van der Waals surface area contributed by atoms with Crippen molar-refractivity contribution in [2.75, 3.05) is 6.54 Å². The highest BCUT2D eigenvalue weighted by Crippen LogP contribution is 2.24. The van der Waals surface area contributed by atoms with E-state index in [0.717, 1.165) is 17.9 Å². The zero-order chi connectivity index (χ0) is 14.4. The van der Waals surface area contributed by atoms with Crippen LogP contribution in [0.2, 0.25) is 0 Å². The van der Waals surface area contributed by atoms with Crippen molar-refractivity contribution in [1.29, 1.82) is 0 Å². The summed E-state index contributed by atoms with van der Waals surface area (Å²) >= 11 is 3.58. The summed E-state index contributed by atoms with van der Waals surface area (Å²) in [5.41, 5.74) is 1.46. The molecule has 0 heterocycles. The normalized spacial score (nSPS) is 17.9. The molecule has 1 N–H and O–H groups in total. The van der Waals surface area contributed by atoms with E-state index in [1.54, 1.807) is 0 Å². The zero-order valence-corrected chi connectivity index (χ0v) is 14.5. The van der Waals surface area contributed by atoms with Crippen LogP contribution in [0, 0.1) is 11.8 Å². The standard InChI is InChI=1S/C18H28BrN/c1-3-5-14(2)10-16(13-20-18-8-9-18)11-15-6-4-7-17(19)12-15/h4,6-7,12,14,16,18,20H,3,5,8-11,13H2,1-2H3. The third kappa shape index (κ3) is 5.97. The molecule has 0 aromatic heterocycles. The van der Waals surface area contributed by atoms with Crippen LogP contribution >= 0.6 is 15.9 Å². The minimum atomic E-state index is 0.770. The molecule has 1 aromatic rings. The van der Waals surface area contributed by atoms with Gasteiger partial charge in [0.2, 0.25) is 0 Å². The molecule has 2 rings (SSSR count). The Morgan fingerprint density at radius 3 is 2.80 bits per heavy atom. The first kappa shape index (κ1) is 16.0. The average Bonchev–Trinajstić information content (AvgIpc) is 3.20. The Bertz CT molecular complexity index is 400. The highest BCUT2D eigenvalue weighted by molar-refractivity contribution is 9.10. The molecule has 0 saturated heterocycles. The molecule has 20 heavy (non-hydrogen) atoms. The Hall–Kier alpha value is -0.340. The fourth-order valence-electron chi connectivity index (χ4n) is 3.04. The first-order valence-electron chi connectivity index (χ1n) is 8.15. The summed E-state index contributed by atoms with van der Waals surface area (Å²) in [7, 11) is 0. The molecular weight excluding hydrogens is 310 g/mol. The molecule has 1 saturated carbocycles. The van der Waals surface area contributed by atoms with Gasteiger partial charge >= 0.3 is 0 Å². The van der Waals surface area contributed by atoms with Crippen molar-refractivity contribution in [1.82, 2.24) is 5.32 Å². The van der Waals surface area contributed by atoms with E-state index in [-0.39, 0.29) is 0 Å². The van der Waals surface area contributed by atoms with Crippen molar-refractivity contribution in [3.8, 4) is 0 Å². The largest absolute Gasteiger partial charge is 0.314 e. The molecule has 0 amide bonds. The Balaban J connectivity index is 1.89. The summed E-state index contributed by atoms with van der Waals surface area (Å²) in [5.74, 6) is 1.62. The van der Waals surface area contributed by atoms with Gasteiger partial charge in [-0.25, -0.2) is 0 Å². The first-order valence-corrected chi connectivity index (χ1v) is 8.94. The highest BCUT2D eigenvalue weighted by atomic mass is 79.9. The van der Waals surface area contributed by atoms with Gasteiger partial charge in [0, 0.05) is 10.5 Å². The fraction of sp³-hybridized carbons (Fsp3) is 0.667. The van der Waals surface area contributed by atoms with Crippen LogP contribution in [0.4, 0.5) is 0 Å². The predicted molar refractivity (Wildman–Crippen MR) is 91.0 cm³/mol. The quantitative estimate of drug-likeness (QED) is 0.654. The van der Waals surface area contributed by atoms with Gasteiger partial charge in [0.25, 0.3) is 0 Å². The molecule has 1 aromatic carbocycles. The van der Waals surface area contributed by atoms with Crippen LogP contribution in [-0.4, -0.2) is 12.6 Å². The van der Waals surface area contributed by atoms with Crippen LogP contribution in [0.1, 0.15) is 51.5 Å². The van der Waals surface area contributed by atoms with E-state index in [2.05, 4.69) is 59.4 Å². The topological polar surface area (TPSA) is 12.0 Å². The third-order valence-corrected chi connectivity index (χ3v) is 4.70. The summed E-state index contributed by atoms with van der Waals surface area (Å²) < 4.78 is 1.20. The van der Waals surface area contributed by atoms with Crippen LogP contribution in [0.15, 0.2) is 28.7 Å². The lowest BCUT2D eigenvalue weighted by Crippen LogP contribution is -2.27. The maximum atomic E-state index is 3.73. The number of halogens is 1. The maximum absolute atomic E-state index is 3.73. The number of rotatable bonds is 9. The van der Waals surface area contributed by atoms with Gasteiger partial charge in [-0.05, 0) is 61.8 Å². The highest BCUT2D eigenvalue weighted by Gasteiger charge is 2.22. The van der Waals surface area contributed by atoms with E-state index in [9.17, 15) is 0 Å².